The Balaban J connectivity index is 2.35. The van der Waals surface area contributed by atoms with Crippen LogP contribution in [0.25, 0.3) is 0 Å². The largest absolute Gasteiger partial charge is 0.469 e. The van der Waals surface area contributed by atoms with Crippen molar-refractivity contribution in [2.24, 2.45) is 0 Å². The number of non-ortho nitro benzene ring substituents is 1. The van der Waals surface area contributed by atoms with Gasteiger partial charge >= 0.3 is 5.97 Å². The third-order valence-electron chi connectivity index (χ3n) is 3.57. The molecule has 1 aliphatic heterocycles. The number of benzene rings is 1. The Morgan fingerprint density at radius 3 is 2.83 bits per heavy atom. The Labute approximate surface area is 141 Å². The zero-order chi connectivity index (χ0) is 17.9. The molecule has 0 saturated carbocycles. The molecule has 1 fully saturated rings. The number of ether oxygens (including phenoxy) is 1. The molecule has 1 heterocycles. The van der Waals surface area contributed by atoms with Gasteiger partial charge in [-0.25, -0.2) is 0 Å². The molecule has 1 aromatic carbocycles. The monoisotopic (exact) mass is 355 g/mol. The summed E-state index contributed by atoms with van der Waals surface area (Å²) in [5, 5.41) is 13.5. The molecule has 0 spiro atoms. The third-order valence-corrected chi connectivity index (χ3v) is 3.90. The highest BCUT2D eigenvalue weighted by atomic mass is 35.5. The average Bonchev–Trinajstić information content (AvgIpc) is 2.56. The summed E-state index contributed by atoms with van der Waals surface area (Å²) < 4.78 is 4.54. The van der Waals surface area contributed by atoms with Gasteiger partial charge in [-0.15, -0.1) is 0 Å². The summed E-state index contributed by atoms with van der Waals surface area (Å²) in [6.07, 6.45) is -0.319. The van der Waals surface area contributed by atoms with Gasteiger partial charge in [0.15, 0.2) is 0 Å². The number of halogens is 1. The zero-order valence-electron chi connectivity index (χ0n) is 12.7. The van der Waals surface area contributed by atoms with Gasteiger partial charge in [0.05, 0.1) is 29.0 Å². The van der Waals surface area contributed by atoms with Crippen LogP contribution in [0.1, 0.15) is 16.8 Å². The van der Waals surface area contributed by atoms with E-state index in [0.29, 0.717) is 0 Å². The van der Waals surface area contributed by atoms with E-state index < -0.39 is 28.7 Å². The van der Waals surface area contributed by atoms with Crippen molar-refractivity contribution in [3.05, 3.63) is 38.9 Å². The maximum absolute atomic E-state index is 12.7. The first-order chi connectivity index (χ1) is 11.3. The summed E-state index contributed by atoms with van der Waals surface area (Å²) >= 11 is 5.97. The Morgan fingerprint density at radius 1 is 1.50 bits per heavy atom. The number of rotatable bonds is 4. The molecular formula is C14H14ClN3O6. The van der Waals surface area contributed by atoms with Crippen molar-refractivity contribution >= 4 is 35.1 Å². The number of carbonyl (C=O) groups excluding carboxylic acids is 3. The van der Waals surface area contributed by atoms with Crippen molar-refractivity contribution in [2.45, 2.75) is 12.5 Å². The fraction of sp³-hybridized carbons (Fsp3) is 0.357. The minimum atomic E-state index is -1.06. The Hall–Kier alpha value is -2.68. The highest BCUT2D eigenvalue weighted by Crippen LogP contribution is 2.25. The number of amides is 2. The number of carbonyl (C=O) groups is 3. The molecule has 0 aromatic heterocycles. The summed E-state index contributed by atoms with van der Waals surface area (Å²) in [7, 11) is 1.17. The average molecular weight is 356 g/mol. The number of hydrogen-bond donors (Lipinski definition) is 1. The van der Waals surface area contributed by atoms with E-state index in [2.05, 4.69) is 10.1 Å². The molecule has 1 aliphatic rings. The van der Waals surface area contributed by atoms with Crippen molar-refractivity contribution in [1.29, 1.82) is 0 Å². The van der Waals surface area contributed by atoms with Crippen LogP contribution in [-0.2, 0) is 14.3 Å². The second-order valence-electron chi connectivity index (χ2n) is 5.01. The lowest BCUT2D eigenvalue weighted by atomic mass is 10.1. The highest BCUT2D eigenvalue weighted by Gasteiger charge is 2.36. The van der Waals surface area contributed by atoms with Crippen LogP contribution in [-0.4, -0.2) is 53.8 Å². The minimum Gasteiger partial charge on any atom is -0.469 e. The number of nitrogens with zero attached hydrogens (tertiary/aromatic N) is 2. The number of nitro groups is 1. The molecule has 2 amide bonds. The summed E-state index contributed by atoms with van der Waals surface area (Å²) in [4.78, 5) is 47.6. The Morgan fingerprint density at radius 2 is 2.21 bits per heavy atom. The molecule has 24 heavy (non-hydrogen) atoms. The first kappa shape index (κ1) is 17.7. The lowest BCUT2D eigenvalue weighted by molar-refractivity contribution is -0.384. The van der Waals surface area contributed by atoms with Crippen LogP contribution in [0.5, 0.6) is 0 Å². The SMILES string of the molecule is COC(=O)C[C@@H]1C(=O)NCCN1C(=O)c1cc([N+](=O)[O-])ccc1Cl. The lowest BCUT2D eigenvalue weighted by Crippen LogP contribution is -2.57. The second-order valence-corrected chi connectivity index (χ2v) is 5.41. The number of hydrogen-bond acceptors (Lipinski definition) is 6. The fourth-order valence-corrected chi connectivity index (χ4v) is 2.55. The number of piperazine rings is 1. The van der Waals surface area contributed by atoms with Crippen LogP contribution in [0, 0.1) is 10.1 Å². The van der Waals surface area contributed by atoms with Gasteiger partial charge in [0, 0.05) is 25.2 Å². The van der Waals surface area contributed by atoms with Crippen LogP contribution in [0.15, 0.2) is 18.2 Å². The molecule has 10 heteroatoms. The molecular weight excluding hydrogens is 342 g/mol. The fourth-order valence-electron chi connectivity index (χ4n) is 2.35. The van der Waals surface area contributed by atoms with E-state index in [-0.39, 0.29) is 35.8 Å². The molecule has 1 aromatic rings. The zero-order valence-corrected chi connectivity index (χ0v) is 13.4. The van der Waals surface area contributed by atoms with Crippen molar-refractivity contribution in [3.8, 4) is 0 Å². The molecule has 0 bridgehead atoms. The second kappa shape index (κ2) is 7.26. The molecule has 2 rings (SSSR count). The summed E-state index contributed by atoms with van der Waals surface area (Å²) in [6, 6.07) is 2.40. The van der Waals surface area contributed by atoms with Crippen LogP contribution < -0.4 is 5.32 Å². The van der Waals surface area contributed by atoms with Gasteiger partial charge in [0.2, 0.25) is 5.91 Å². The predicted octanol–water partition coefficient (Wildman–Crippen LogP) is 0.752. The number of esters is 1. The number of methoxy groups -OCH3 is 1. The van der Waals surface area contributed by atoms with Gasteiger partial charge in [0.25, 0.3) is 11.6 Å². The highest BCUT2D eigenvalue weighted by molar-refractivity contribution is 6.34. The van der Waals surface area contributed by atoms with E-state index in [1.165, 1.54) is 24.1 Å². The molecule has 1 saturated heterocycles. The van der Waals surface area contributed by atoms with Gasteiger partial charge in [-0.3, -0.25) is 24.5 Å². The smallest absolute Gasteiger partial charge is 0.308 e. The molecule has 1 atom stereocenters. The van der Waals surface area contributed by atoms with Gasteiger partial charge in [-0.1, -0.05) is 11.6 Å². The normalized spacial score (nSPS) is 17.2. The quantitative estimate of drug-likeness (QED) is 0.483. The van der Waals surface area contributed by atoms with Crippen LogP contribution >= 0.6 is 11.6 Å². The van der Waals surface area contributed by atoms with Crippen molar-refractivity contribution in [2.75, 3.05) is 20.2 Å². The van der Waals surface area contributed by atoms with Gasteiger partial charge < -0.3 is 15.0 Å². The van der Waals surface area contributed by atoms with Crippen molar-refractivity contribution in [3.63, 3.8) is 0 Å². The van der Waals surface area contributed by atoms with Crippen LogP contribution in [0.4, 0.5) is 5.69 Å². The Bertz CT molecular complexity index is 708. The first-order valence-corrected chi connectivity index (χ1v) is 7.32. The maximum atomic E-state index is 12.7. The van der Waals surface area contributed by atoms with Gasteiger partial charge in [-0.05, 0) is 6.07 Å². The molecule has 128 valence electrons. The topological polar surface area (TPSA) is 119 Å². The Kier molecular flexibility index (Phi) is 5.35. The molecule has 1 N–H and O–H groups in total. The van der Waals surface area contributed by atoms with E-state index in [0.717, 1.165) is 6.07 Å². The van der Waals surface area contributed by atoms with Crippen molar-refractivity contribution < 1.29 is 24.0 Å². The number of nitro benzene ring substituents is 1. The summed E-state index contributed by atoms with van der Waals surface area (Å²) in [6.45, 7) is 0.347. The standard InChI is InChI=1S/C14H14ClN3O6/c1-24-12(19)7-11-13(20)16-4-5-17(11)14(21)9-6-8(18(22)23)2-3-10(9)15/h2-3,6,11H,4-5,7H2,1H3,(H,16,20)/t11-/m1/s1. The lowest BCUT2D eigenvalue weighted by Gasteiger charge is -2.34. The third kappa shape index (κ3) is 3.62. The predicted molar refractivity (Wildman–Crippen MR) is 82.6 cm³/mol. The van der Waals surface area contributed by atoms with E-state index in [1.54, 1.807) is 0 Å². The summed E-state index contributed by atoms with van der Waals surface area (Å²) in [5.41, 5.74) is -0.399. The van der Waals surface area contributed by atoms with E-state index in [4.69, 9.17) is 11.6 Å². The van der Waals surface area contributed by atoms with Crippen LogP contribution in [0.3, 0.4) is 0 Å². The molecule has 0 radical (unpaired) electrons. The van der Waals surface area contributed by atoms with Gasteiger partial charge in [-0.2, -0.15) is 0 Å². The number of nitrogens with one attached hydrogen (secondary N) is 1. The van der Waals surface area contributed by atoms with Crippen molar-refractivity contribution in [1.82, 2.24) is 10.2 Å². The van der Waals surface area contributed by atoms with E-state index >= 15 is 0 Å². The van der Waals surface area contributed by atoms with Gasteiger partial charge in [0.1, 0.15) is 6.04 Å². The van der Waals surface area contributed by atoms with E-state index in [9.17, 15) is 24.5 Å². The first-order valence-electron chi connectivity index (χ1n) is 6.94. The maximum Gasteiger partial charge on any atom is 0.308 e. The summed E-state index contributed by atoms with van der Waals surface area (Å²) in [5.74, 6) is -1.81. The van der Waals surface area contributed by atoms with E-state index in [1.807, 2.05) is 0 Å². The minimum absolute atomic E-state index is 0.0217. The molecule has 0 aliphatic carbocycles. The van der Waals surface area contributed by atoms with Crippen LogP contribution in [0.2, 0.25) is 5.02 Å². The molecule has 0 unspecified atom stereocenters. The molecule has 9 nitrogen and oxygen atoms in total.